The van der Waals surface area contributed by atoms with Crippen molar-refractivity contribution in [3.8, 4) is 0 Å². The van der Waals surface area contributed by atoms with Crippen molar-refractivity contribution in [3.63, 3.8) is 0 Å². The van der Waals surface area contributed by atoms with Gasteiger partial charge < -0.3 is 9.90 Å². The molecule has 0 heterocycles. The lowest BCUT2D eigenvalue weighted by atomic mass is 10.1. The second-order valence-electron chi connectivity index (χ2n) is 11.0. The number of carboxylic acids is 1. The lowest BCUT2D eigenvalue weighted by Crippen LogP contribution is -2.16. The molecule has 1 aromatic carbocycles. The SMILES string of the molecule is CC(=O)[O-].CCCCCCCC[P+](CCCCCCCC)(CCCCCCCC)Cc1ccccc1. The monoisotopic (exact) mass is 520 g/mol. The zero-order chi connectivity index (χ0) is 26.7. The summed E-state index contributed by atoms with van der Waals surface area (Å²) in [6.45, 7) is 7.96. The molecule has 0 aliphatic carbocycles. The summed E-state index contributed by atoms with van der Waals surface area (Å²) in [4.78, 5) is 8.89. The Labute approximate surface area is 226 Å². The van der Waals surface area contributed by atoms with Gasteiger partial charge in [0.15, 0.2) is 0 Å². The molecule has 0 saturated heterocycles. The first kappa shape index (κ1) is 35.1. The van der Waals surface area contributed by atoms with E-state index >= 15 is 0 Å². The van der Waals surface area contributed by atoms with Crippen LogP contribution < -0.4 is 5.11 Å². The van der Waals surface area contributed by atoms with Gasteiger partial charge in [-0.25, -0.2) is 0 Å². The van der Waals surface area contributed by atoms with E-state index in [1.807, 2.05) is 0 Å². The van der Waals surface area contributed by atoms with Gasteiger partial charge in [-0.1, -0.05) is 128 Å². The van der Waals surface area contributed by atoms with Gasteiger partial charge in [-0.05, 0) is 51.0 Å². The van der Waals surface area contributed by atoms with Crippen molar-refractivity contribution in [3.05, 3.63) is 35.9 Å². The number of carbonyl (C=O) groups excluding carboxylic acids is 1. The molecule has 0 fully saturated rings. The Morgan fingerprint density at radius 3 is 1.22 bits per heavy atom. The third-order valence-corrected chi connectivity index (χ3v) is 12.1. The van der Waals surface area contributed by atoms with Crippen LogP contribution in [0.3, 0.4) is 0 Å². The van der Waals surface area contributed by atoms with E-state index < -0.39 is 13.2 Å². The molecule has 3 heteroatoms. The molecule has 0 amide bonds. The van der Waals surface area contributed by atoms with Gasteiger partial charge in [-0.3, -0.25) is 0 Å². The highest BCUT2D eigenvalue weighted by Crippen LogP contribution is 2.63. The van der Waals surface area contributed by atoms with Crippen LogP contribution in [-0.2, 0) is 11.0 Å². The number of unbranched alkanes of at least 4 members (excludes halogenated alkanes) is 15. The van der Waals surface area contributed by atoms with E-state index in [1.165, 1.54) is 122 Å². The lowest BCUT2D eigenvalue weighted by molar-refractivity contribution is -0.302. The number of hydrogen-bond donors (Lipinski definition) is 0. The maximum atomic E-state index is 8.89. The van der Waals surface area contributed by atoms with Crippen LogP contribution >= 0.6 is 7.26 Å². The molecule has 0 N–H and O–H groups in total. The minimum absolute atomic E-state index is 0.885. The molecule has 0 saturated carbocycles. The molecule has 1 rings (SSSR count). The van der Waals surface area contributed by atoms with Crippen molar-refractivity contribution in [1.82, 2.24) is 0 Å². The van der Waals surface area contributed by atoms with Gasteiger partial charge in [0.1, 0.15) is 0 Å². The first-order chi connectivity index (χ1) is 17.5. The maximum absolute atomic E-state index is 8.89. The van der Waals surface area contributed by atoms with Gasteiger partial charge >= 0.3 is 0 Å². The minimum Gasteiger partial charge on any atom is -0.550 e. The Bertz CT molecular complexity index is 542. The number of hydrogen-bond acceptors (Lipinski definition) is 2. The summed E-state index contributed by atoms with van der Waals surface area (Å²) in [5, 5.41) is 8.89. The van der Waals surface area contributed by atoms with Crippen LogP contribution in [0.25, 0.3) is 0 Å². The molecular formula is C33H61O2P. The third kappa shape index (κ3) is 22.3. The Morgan fingerprint density at radius 2 is 0.889 bits per heavy atom. The molecule has 2 nitrogen and oxygen atoms in total. The summed E-state index contributed by atoms with van der Waals surface area (Å²) >= 11 is 0. The second-order valence-corrected chi connectivity index (χ2v) is 15.3. The van der Waals surface area contributed by atoms with Crippen molar-refractivity contribution in [2.45, 2.75) is 149 Å². The average Bonchev–Trinajstić information content (AvgIpc) is 2.86. The van der Waals surface area contributed by atoms with Crippen LogP contribution in [0.4, 0.5) is 0 Å². The van der Waals surface area contributed by atoms with Crippen molar-refractivity contribution >= 4 is 13.2 Å². The lowest BCUT2D eigenvalue weighted by Gasteiger charge is -2.28. The highest BCUT2D eigenvalue weighted by molar-refractivity contribution is 7.75. The summed E-state index contributed by atoms with van der Waals surface area (Å²) < 4.78 is 0. The van der Waals surface area contributed by atoms with Crippen molar-refractivity contribution in [1.29, 1.82) is 0 Å². The predicted molar refractivity (Wildman–Crippen MR) is 162 cm³/mol. The molecule has 0 aliphatic rings. The average molecular weight is 521 g/mol. The van der Waals surface area contributed by atoms with Crippen molar-refractivity contribution in [2.75, 3.05) is 18.5 Å². The van der Waals surface area contributed by atoms with Gasteiger partial charge in [0.2, 0.25) is 0 Å². The molecular weight excluding hydrogens is 459 g/mol. The maximum Gasteiger partial charge on any atom is 0.0842 e. The molecule has 36 heavy (non-hydrogen) atoms. The van der Waals surface area contributed by atoms with Crippen LogP contribution in [0.1, 0.15) is 149 Å². The Balaban J connectivity index is 0.00000283. The molecule has 1 aromatic rings. The van der Waals surface area contributed by atoms with Gasteiger partial charge in [0.25, 0.3) is 0 Å². The molecule has 0 spiro atoms. The highest BCUT2D eigenvalue weighted by Gasteiger charge is 2.35. The molecule has 0 bridgehead atoms. The van der Waals surface area contributed by atoms with Crippen molar-refractivity contribution < 1.29 is 9.90 Å². The molecule has 0 atom stereocenters. The molecule has 0 unspecified atom stereocenters. The summed E-state index contributed by atoms with van der Waals surface area (Å²) in [6, 6.07) is 11.6. The summed E-state index contributed by atoms with van der Waals surface area (Å²) in [6.07, 6.45) is 32.2. The third-order valence-electron chi connectivity index (χ3n) is 7.32. The molecule has 0 radical (unpaired) electrons. The van der Waals surface area contributed by atoms with E-state index in [1.54, 1.807) is 24.0 Å². The van der Waals surface area contributed by atoms with Crippen LogP contribution in [0.5, 0.6) is 0 Å². The van der Waals surface area contributed by atoms with E-state index in [4.69, 9.17) is 9.90 Å². The molecule has 0 aliphatic heterocycles. The molecule has 0 aromatic heterocycles. The molecule has 210 valence electrons. The fourth-order valence-electron chi connectivity index (χ4n) is 5.23. The fraction of sp³-hybridized carbons (Fsp3) is 0.788. The van der Waals surface area contributed by atoms with Gasteiger partial charge in [-0.15, -0.1) is 0 Å². The number of carbonyl (C=O) groups is 1. The van der Waals surface area contributed by atoms with Gasteiger partial charge in [-0.2, -0.15) is 0 Å². The van der Waals surface area contributed by atoms with E-state index in [0.717, 1.165) is 6.92 Å². The van der Waals surface area contributed by atoms with Crippen LogP contribution in [0.15, 0.2) is 30.3 Å². The van der Waals surface area contributed by atoms with Gasteiger partial charge in [0.05, 0.1) is 24.6 Å². The Morgan fingerprint density at radius 1 is 0.583 bits per heavy atom. The number of rotatable bonds is 23. The quantitative estimate of drug-likeness (QED) is 0.106. The number of aliphatic carboxylic acids is 1. The zero-order valence-corrected chi connectivity index (χ0v) is 25.6. The van der Waals surface area contributed by atoms with Crippen LogP contribution in [0, 0.1) is 0 Å². The summed E-state index contributed by atoms with van der Waals surface area (Å²) in [5.74, 6) is -1.08. The number of carboxylic acid groups (broad SMARTS) is 1. The standard InChI is InChI=1S/C31H58P.C2H4O2/c1-4-7-10-13-16-22-27-32(28-23-17-14-11-8-5-2,29-24-18-15-12-9-6-3)30-31-25-20-19-21-26-31;1-2(3)4/h19-21,25-26H,4-18,22-24,27-30H2,1-3H3;1H3,(H,3,4)/q+1;/p-1. The Hall–Kier alpha value is -0.880. The predicted octanol–water partition coefficient (Wildman–Crippen LogP) is 10.0. The van der Waals surface area contributed by atoms with Gasteiger partial charge in [0, 0.05) is 13.2 Å². The number of benzene rings is 1. The fourth-order valence-corrected chi connectivity index (χ4v) is 10.0. The zero-order valence-electron chi connectivity index (χ0n) is 24.7. The van der Waals surface area contributed by atoms with E-state index in [0.29, 0.717) is 0 Å². The second kappa shape index (κ2) is 25.8. The normalized spacial score (nSPS) is 11.2. The smallest absolute Gasteiger partial charge is 0.0842 e. The van der Waals surface area contributed by atoms with Crippen LogP contribution in [0.2, 0.25) is 0 Å². The van der Waals surface area contributed by atoms with Crippen molar-refractivity contribution in [2.24, 2.45) is 0 Å². The van der Waals surface area contributed by atoms with E-state index in [-0.39, 0.29) is 0 Å². The highest BCUT2D eigenvalue weighted by atomic mass is 31.2. The van der Waals surface area contributed by atoms with E-state index in [9.17, 15) is 0 Å². The Kier molecular flexibility index (Phi) is 25.1. The summed E-state index contributed by atoms with van der Waals surface area (Å²) in [5.41, 5.74) is 1.63. The largest absolute Gasteiger partial charge is 0.550 e. The topological polar surface area (TPSA) is 40.1 Å². The van der Waals surface area contributed by atoms with E-state index in [2.05, 4.69) is 51.1 Å². The summed E-state index contributed by atoms with van der Waals surface area (Å²) in [7, 11) is -0.885. The first-order valence-corrected chi connectivity index (χ1v) is 18.1. The first-order valence-electron chi connectivity index (χ1n) is 15.6. The minimum atomic E-state index is -1.08. The van der Waals surface area contributed by atoms with Crippen LogP contribution in [-0.4, -0.2) is 24.5 Å².